The van der Waals surface area contributed by atoms with Gasteiger partial charge in [0.05, 0.1) is 16.9 Å². The minimum absolute atomic E-state index is 0.171. The highest BCUT2D eigenvalue weighted by atomic mass is 16.1. The number of fused-ring (bicyclic) bond motifs is 1. The van der Waals surface area contributed by atoms with E-state index >= 15 is 0 Å². The average Bonchev–Trinajstić information content (AvgIpc) is 2.85. The molecule has 0 aliphatic carbocycles. The van der Waals surface area contributed by atoms with E-state index in [4.69, 9.17) is 5.73 Å². The van der Waals surface area contributed by atoms with Crippen LogP contribution in [-0.2, 0) is 0 Å². The van der Waals surface area contributed by atoms with E-state index in [0.29, 0.717) is 16.9 Å². The number of aromatic nitrogens is 1. The third-order valence-electron chi connectivity index (χ3n) is 3.04. The fraction of sp³-hybridized carbons (Fsp3) is 0. The van der Waals surface area contributed by atoms with E-state index in [1.54, 1.807) is 18.3 Å². The molecule has 0 atom stereocenters. The number of carbonyl (C=O) groups is 1. The molecule has 0 radical (unpaired) electrons. The van der Waals surface area contributed by atoms with Crippen molar-refractivity contribution in [3.8, 4) is 0 Å². The van der Waals surface area contributed by atoms with E-state index < -0.39 is 0 Å². The zero-order valence-electron chi connectivity index (χ0n) is 10.2. The van der Waals surface area contributed by atoms with Crippen molar-refractivity contribution in [2.45, 2.75) is 0 Å². The lowest BCUT2D eigenvalue weighted by Crippen LogP contribution is -2.12. The molecule has 0 aliphatic heterocycles. The molecular formula is C15H13N3O. The first kappa shape index (κ1) is 11.3. The molecule has 4 nitrogen and oxygen atoms in total. The molecule has 0 aliphatic rings. The second kappa shape index (κ2) is 4.49. The minimum Gasteiger partial charge on any atom is -0.397 e. The highest BCUT2D eigenvalue weighted by molar-refractivity contribution is 6.13. The van der Waals surface area contributed by atoms with Gasteiger partial charge in [-0.2, -0.15) is 0 Å². The summed E-state index contributed by atoms with van der Waals surface area (Å²) in [4.78, 5) is 15.3. The Kier molecular flexibility index (Phi) is 2.68. The summed E-state index contributed by atoms with van der Waals surface area (Å²) in [7, 11) is 0. The number of para-hydroxylation sites is 3. The van der Waals surface area contributed by atoms with Crippen LogP contribution in [-0.4, -0.2) is 10.9 Å². The van der Waals surface area contributed by atoms with Gasteiger partial charge in [0.15, 0.2) is 0 Å². The highest BCUT2D eigenvalue weighted by Crippen LogP contribution is 2.21. The van der Waals surface area contributed by atoms with E-state index in [9.17, 15) is 4.79 Å². The Morgan fingerprint density at radius 1 is 1.05 bits per heavy atom. The van der Waals surface area contributed by atoms with Crippen LogP contribution in [0, 0.1) is 0 Å². The molecule has 0 saturated carbocycles. The molecule has 94 valence electrons. The number of nitrogens with two attached hydrogens (primary N) is 1. The number of carbonyl (C=O) groups excluding carboxylic acids is 1. The van der Waals surface area contributed by atoms with E-state index in [2.05, 4.69) is 10.3 Å². The molecule has 4 heteroatoms. The number of aromatic amines is 1. The summed E-state index contributed by atoms with van der Waals surface area (Å²) in [5.74, 6) is -0.171. The van der Waals surface area contributed by atoms with Gasteiger partial charge in [0.2, 0.25) is 0 Å². The lowest BCUT2D eigenvalue weighted by atomic mass is 10.1. The minimum atomic E-state index is -0.171. The molecule has 2 aromatic carbocycles. The Labute approximate surface area is 110 Å². The smallest absolute Gasteiger partial charge is 0.257 e. The molecule has 1 heterocycles. The monoisotopic (exact) mass is 251 g/mol. The molecule has 3 rings (SSSR count). The number of hydrogen-bond acceptors (Lipinski definition) is 2. The maximum absolute atomic E-state index is 12.3. The van der Waals surface area contributed by atoms with Crippen molar-refractivity contribution in [3.63, 3.8) is 0 Å². The third kappa shape index (κ3) is 2.04. The Morgan fingerprint density at radius 3 is 2.63 bits per heavy atom. The summed E-state index contributed by atoms with van der Waals surface area (Å²) < 4.78 is 0. The number of hydrogen-bond donors (Lipinski definition) is 3. The van der Waals surface area contributed by atoms with Gasteiger partial charge in [-0.3, -0.25) is 4.79 Å². The van der Waals surface area contributed by atoms with Gasteiger partial charge in [-0.25, -0.2) is 0 Å². The van der Waals surface area contributed by atoms with E-state index in [-0.39, 0.29) is 5.91 Å². The van der Waals surface area contributed by atoms with Crippen molar-refractivity contribution in [1.82, 2.24) is 4.98 Å². The maximum Gasteiger partial charge on any atom is 0.257 e. The van der Waals surface area contributed by atoms with Crippen LogP contribution >= 0.6 is 0 Å². The molecule has 0 unspecified atom stereocenters. The number of rotatable bonds is 2. The molecule has 4 N–H and O–H groups in total. The van der Waals surface area contributed by atoms with Crippen molar-refractivity contribution in [2.75, 3.05) is 11.1 Å². The quantitative estimate of drug-likeness (QED) is 0.613. The predicted octanol–water partition coefficient (Wildman–Crippen LogP) is 3.00. The van der Waals surface area contributed by atoms with Crippen molar-refractivity contribution in [3.05, 3.63) is 60.3 Å². The zero-order valence-corrected chi connectivity index (χ0v) is 10.2. The van der Waals surface area contributed by atoms with E-state index in [1.807, 2.05) is 36.4 Å². The number of nitrogen functional groups attached to an aromatic ring is 1. The van der Waals surface area contributed by atoms with E-state index in [1.165, 1.54) is 0 Å². The van der Waals surface area contributed by atoms with Gasteiger partial charge < -0.3 is 16.0 Å². The van der Waals surface area contributed by atoms with E-state index in [0.717, 1.165) is 10.9 Å². The number of anilines is 2. The van der Waals surface area contributed by atoms with Crippen molar-refractivity contribution in [2.24, 2.45) is 0 Å². The standard InChI is InChI=1S/C15H13N3O/c16-12-6-2-4-8-14(12)18-15(19)11-9-17-13-7-3-1-5-10(11)13/h1-9,17H,16H2,(H,18,19). The molecule has 3 aromatic rings. The van der Waals surface area contributed by atoms with Crippen LogP contribution in [0.2, 0.25) is 0 Å². The predicted molar refractivity (Wildman–Crippen MR) is 77.1 cm³/mol. The Bertz CT molecular complexity index is 746. The fourth-order valence-corrected chi connectivity index (χ4v) is 2.06. The van der Waals surface area contributed by atoms with Crippen molar-refractivity contribution >= 4 is 28.2 Å². The summed E-state index contributed by atoms with van der Waals surface area (Å²) >= 11 is 0. The Balaban J connectivity index is 1.95. The Hall–Kier alpha value is -2.75. The van der Waals surface area contributed by atoms with Gasteiger partial charge in [-0.15, -0.1) is 0 Å². The van der Waals surface area contributed by atoms with Gasteiger partial charge in [-0.1, -0.05) is 30.3 Å². The normalized spacial score (nSPS) is 10.5. The summed E-state index contributed by atoms with van der Waals surface area (Å²) in [6.45, 7) is 0. The molecule has 0 fully saturated rings. The Morgan fingerprint density at radius 2 is 1.79 bits per heavy atom. The molecule has 0 spiro atoms. The van der Waals surface area contributed by atoms with Crippen molar-refractivity contribution in [1.29, 1.82) is 0 Å². The average molecular weight is 251 g/mol. The largest absolute Gasteiger partial charge is 0.397 e. The first-order valence-electron chi connectivity index (χ1n) is 5.97. The first-order chi connectivity index (χ1) is 9.25. The molecule has 19 heavy (non-hydrogen) atoms. The highest BCUT2D eigenvalue weighted by Gasteiger charge is 2.12. The van der Waals surface area contributed by atoms with Gasteiger partial charge >= 0.3 is 0 Å². The second-order valence-corrected chi connectivity index (χ2v) is 4.29. The van der Waals surface area contributed by atoms with Crippen LogP contribution in [0.25, 0.3) is 10.9 Å². The van der Waals surface area contributed by atoms with Crippen LogP contribution in [0.4, 0.5) is 11.4 Å². The van der Waals surface area contributed by atoms with Gasteiger partial charge in [-0.05, 0) is 18.2 Å². The molecule has 0 bridgehead atoms. The molecule has 0 saturated heterocycles. The maximum atomic E-state index is 12.3. The summed E-state index contributed by atoms with van der Waals surface area (Å²) in [5, 5.41) is 3.72. The van der Waals surface area contributed by atoms with Gasteiger partial charge in [0.1, 0.15) is 0 Å². The number of benzene rings is 2. The summed E-state index contributed by atoms with van der Waals surface area (Å²) in [6.07, 6.45) is 1.71. The van der Waals surface area contributed by atoms with Crippen LogP contribution in [0.5, 0.6) is 0 Å². The second-order valence-electron chi connectivity index (χ2n) is 4.29. The SMILES string of the molecule is Nc1ccccc1NC(=O)c1c[nH]c2ccccc12. The van der Waals surface area contributed by atoms with Crippen LogP contribution in [0.3, 0.4) is 0 Å². The molecule has 1 amide bonds. The number of H-pyrrole nitrogens is 1. The zero-order chi connectivity index (χ0) is 13.2. The van der Waals surface area contributed by atoms with Crippen LogP contribution < -0.4 is 11.1 Å². The third-order valence-corrected chi connectivity index (χ3v) is 3.04. The summed E-state index contributed by atoms with van der Waals surface area (Å²) in [5.41, 5.74) is 8.54. The number of amides is 1. The summed E-state index contributed by atoms with van der Waals surface area (Å²) in [6, 6.07) is 14.9. The van der Waals surface area contributed by atoms with Gasteiger partial charge in [0, 0.05) is 17.1 Å². The number of nitrogens with one attached hydrogen (secondary N) is 2. The first-order valence-corrected chi connectivity index (χ1v) is 5.97. The molecule has 1 aromatic heterocycles. The van der Waals surface area contributed by atoms with Gasteiger partial charge in [0.25, 0.3) is 5.91 Å². The molecular weight excluding hydrogens is 238 g/mol. The lowest BCUT2D eigenvalue weighted by molar-refractivity contribution is 0.102. The van der Waals surface area contributed by atoms with Crippen molar-refractivity contribution < 1.29 is 4.79 Å². The van der Waals surface area contributed by atoms with Crippen LogP contribution in [0.15, 0.2) is 54.7 Å². The van der Waals surface area contributed by atoms with Crippen LogP contribution in [0.1, 0.15) is 10.4 Å². The fourth-order valence-electron chi connectivity index (χ4n) is 2.06. The topological polar surface area (TPSA) is 70.9 Å². The lowest BCUT2D eigenvalue weighted by Gasteiger charge is -2.06.